The molecule has 2 fully saturated rings. The molecule has 0 saturated heterocycles. The van der Waals surface area contributed by atoms with Gasteiger partial charge in [-0.2, -0.15) is 0 Å². The molecule has 0 aromatic carbocycles. The van der Waals surface area contributed by atoms with Crippen molar-refractivity contribution in [2.75, 3.05) is 19.6 Å². The smallest absolute Gasteiger partial charge is 0.00670 e. The Labute approximate surface area is 120 Å². The van der Waals surface area contributed by atoms with Crippen molar-refractivity contribution in [3.8, 4) is 0 Å². The predicted octanol–water partition coefficient (Wildman–Crippen LogP) is 3.86. The number of hydrogen-bond donors (Lipinski definition) is 2. The van der Waals surface area contributed by atoms with Gasteiger partial charge in [0.2, 0.25) is 0 Å². The van der Waals surface area contributed by atoms with Crippen molar-refractivity contribution in [2.45, 2.75) is 83.1 Å². The van der Waals surface area contributed by atoms with Crippen molar-refractivity contribution in [2.24, 2.45) is 5.92 Å². The topological polar surface area (TPSA) is 24.1 Å². The van der Waals surface area contributed by atoms with Crippen LogP contribution >= 0.6 is 0 Å². The molecule has 0 radical (unpaired) electrons. The minimum absolute atomic E-state index is 0.820. The molecule has 2 rings (SSSR count). The summed E-state index contributed by atoms with van der Waals surface area (Å²) < 4.78 is 0. The van der Waals surface area contributed by atoms with Gasteiger partial charge < -0.3 is 10.6 Å². The highest BCUT2D eigenvalue weighted by molar-refractivity contribution is 4.71. The molecule has 0 atom stereocenters. The van der Waals surface area contributed by atoms with Gasteiger partial charge in [0.05, 0.1) is 0 Å². The van der Waals surface area contributed by atoms with Crippen LogP contribution in [-0.4, -0.2) is 25.7 Å². The summed E-state index contributed by atoms with van der Waals surface area (Å²) in [5, 5.41) is 7.43. The van der Waals surface area contributed by atoms with E-state index in [1.54, 1.807) is 0 Å². The first kappa shape index (κ1) is 15.3. The van der Waals surface area contributed by atoms with Crippen molar-refractivity contribution in [3.63, 3.8) is 0 Å². The van der Waals surface area contributed by atoms with Crippen LogP contribution in [0.2, 0.25) is 0 Å². The van der Waals surface area contributed by atoms with E-state index in [9.17, 15) is 0 Å². The van der Waals surface area contributed by atoms with Crippen molar-refractivity contribution >= 4 is 0 Å². The van der Waals surface area contributed by atoms with Gasteiger partial charge in [-0.1, -0.05) is 44.9 Å². The van der Waals surface area contributed by atoms with Crippen molar-refractivity contribution in [3.05, 3.63) is 0 Å². The highest BCUT2D eigenvalue weighted by Gasteiger charge is 2.13. The normalized spacial score (nSPS) is 23.4. The van der Waals surface area contributed by atoms with Gasteiger partial charge in [-0.25, -0.2) is 0 Å². The monoisotopic (exact) mass is 266 g/mol. The molecule has 0 bridgehead atoms. The molecule has 0 spiro atoms. The van der Waals surface area contributed by atoms with Crippen LogP contribution in [0, 0.1) is 5.92 Å². The molecule has 112 valence electrons. The van der Waals surface area contributed by atoms with Crippen molar-refractivity contribution in [1.29, 1.82) is 0 Å². The van der Waals surface area contributed by atoms with Gasteiger partial charge in [-0.05, 0) is 57.7 Å². The van der Waals surface area contributed by atoms with Crippen LogP contribution in [0.4, 0.5) is 0 Å². The van der Waals surface area contributed by atoms with Gasteiger partial charge in [0.25, 0.3) is 0 Å². The van der Waals surface area contributed by atoms with E-state index in [1.807, 2.05) is 0 Å². The molecule has 0 unspecified atom stereocenters. The van der Waals surface area contributed by atoms with Crippen LogP contribution in [-0.2, 0) is 0 Å². The lowest BCUT2D eigenvalue weighted by atomic mass is 9.89. The van der Waals surface area contributed by atoms with E-state index in [2.05, 4.69) is 10.6 Å². The minimum atomic E-state index is 0.820. The summed E-state index contributed by atoms with van der Waals surface area (Å²) in [5.74, 6) is 0.976. The molecule has 0 heterocycles. The van der Waals surface area contributed by atoms with Gasteiger partial charge >= 0.3 is 0 Å². The maximum absolute atomic E-state index is 3.76. The standard InChI is InChI=1S/C17H34N2/c1-2-7-12-17(11-6-1)19-14-8-13-18-15-16-9-4-3-5-10-16/h16-19H,1-15H2. The fraction of sp³-hybridized carbons (Fsp3) is 1.00. The first-order valence-corrected chi connectivity index (χ1v) is 8.89. The minimum Gasteiger partial charge on any atom is -0.316 e. The maximum Gasteiger partial charge on any atom is 0.00670 e. The first-order valence-electron chi connectivity index (χ1n) is 8.89. The third kappa shape index (κ3) is 6.76. The van der Waals surface area contributed by atoms with Crippen molar-refractivity contribution in [1.82, 2.24) is 10.6 Å². The highest BCUT2D eigenvalue weighted by atomic mass is 14.9. The van der Waals surface area contributed by atoms with Gasteiger partial charge in [-0.3, -0.25) is 0 Å². The molecule has 2 aliphatic carbocycles. The predicted molar refractivity (Wildman–Crippen MR) is 83.6 cm³/mol. The maximum atomic E-state index is 3.76. The Bertz CT molecular complexity index is 203. The average molecular weight is 266 g/mol. The SMILES string of the molecule is C1CCC(CNCCCNC2CCCCCC2)CC1. The Kier molecular flexibility index (Phi) is 7.87. The number of nitrogens with one attached hydrogen (secondary N) is 2. The van der Waals surface area contributed by atoms with E-state index in [0.29, 0.717) is 0 Å². The summed E-state index contributed by atoms with van der Waals surface area (Å²) in [6.07, 6.45) is 17.3. The lowest BCUT2D eigenvalue weighted by Crippen LogP contribution is -2.32. The first-order chi connectivity index (χ1) is 9.45. The highest BCUT2D eigenvalue weighted by Crippen LogP contribution is 2.22. The molecule has 0 aromatic rings. The zero-order valence-electron chi connectivity index (χ0n) is 12.8. The van der Waals surface area contributed by atoms with E-state index in [1.165, 1.54) is 96.7 Å². The van der Waals surface area contributed by atoms with E-state index < -0.39 is 0 Å². The Morgan fingerprint density at radius 2 is 1.32 bits per heavy atom. The van der Waals surface area contributed by atoms with E-state index in [4.69, 9.17) is 0 Å². The Morgan fingerprint density at radius 1 is 0.684 bits per heavy atom. The Hall–Kier alpha value is -0.0800. The molecule has 2 saturated carbocycles. The Balaban J connectivity index is 1.41. The molecule has 2 nitrogen and oxygen atoms in total. The number of rotatable bonds is 7. The van der Waals surface area contributed by atoms with Crippen LogP contribution in [0.15, 0.2) is 0 Å². The van der Waals surface area contributed by atoms with E-state index in [0.717, 1.165) is 12.0 Å². The molecular weight excluding hydrogens is 232 g/mol. The summed E-state index contributed by atoms with van der Waals surface area (Å²) in [6.45, 7) is 3.68. The van der Waals surface area contributed by atoms with Gasteiger partial charge in [0.1, 0.15) is 0 Å². The third-order valence-corrected chi connectivity index (χ3v) is 4.98. The molecule has 2 N–H and O–H groups in total. The van der Waals surface area contributed by atoms with Crippen LogP contribution in [0.1, 0.15) is 77.0 Å². The van der Waals surface area contributed by atoms with Crippen molar-refractivity contribution < 1.29 is 0 Å². The second kappa shape index (κ2) is 9.77. The van der Waals surface area contributed by atoms with Crippen LogP contribution in [0.25, 0.3) is 0 Å². The molecule has 0 amide bonds. The molecular formula is C17H34N2. The fourth-order valence-corrected chi connectivity index (χ4v) is 3.70. The Morgan fingerprint density at radius 3 is 2.05 bits per heavy atom. The van der Waals surface area contributed by atoms with Crippen LogP contribution < -0.4 is 10.6 Å². The summed E-state index contributed by atoms with van der Waals surface area (Å²) in [4.78, 5) is 0. The molecule has 0 aliphatic heterocycles. The second-order valence-electron chi connectivity index (χ2n) is 6.70. The van der Waals surface area contributed by atoms with Gasteiger partial charge in [0.15, 0.2) is 0 Å². The van der Waals surface area contributed by atoms with Gasteiger partial charge in [0, 0.05) is 6.04 Å². The molecule has 2 heteroatoms. The zero-order chi connectivity index (χ0) is 13.2. The zero-order valence-corrected chi connectivity index (χ0v) is 12.8. The summed E-state index contributed by atoms with van der Waals surface area (Å²) in [5.41, 5.74) is 0. The summed E-state index contributed by atoms with van der Waals surface area (Å²) in [6, 6.07) is 0.820. The third-order valence-electron chi connectivity index (χ3n) is 4.98. The quantitative estimate of drug-likeness (QED) is 0.540. The lowest BCUT2D eigenvalue weighted by Gasteiger charge is -2.22. The summed E-state index contributed by atoms with van der Waals surface area (Å²) in [7, 11) is 0. The number of hydrogen-bond acceptors (Lipinski definition) is 2. The summed E-state index contributed by atoms with van der Waals surface area (Å²) >= 11 is 0. The fourth-order valence-electron chi connectivity index (χ4n) is 3.70. The van der Waals surface area contributed by atoms with E-state index >= 15 is 0 Å². The lowest BCUT2D eigenvalue weighted by molar-refractivity contribution is 0.341. The average Bonchev–Trinajstić information content (AvgIpc) is 2.72. The molecule has 19 heavy (non-hydrogen) atoms. The second-order valence-corrected chi connectivity index (χ2v) is 6.70. The van der Waals surface area contributed by atoms with Crippen LogP contribution in [0.3, 0.4) is 0 Å². The van der Waals surface area contributed by atoms with E-state index in [-0.39, 0.29) is 0 Å². The largest absolute Gasteiger partial charge is 0.316 e. The molecule has 0 aromatic heterocycles. The molecule has 2 aliphatic rings. The van der Waals surface area contributed by atoms with Gasteiger partial charge in [-0.15, -0.1) is 0 Å². The van der Waals surface area contributed by atoms with Crippen LogP contribution in [0.5, 0.6) is 0 Å².